The SMILES string of the molecule is CCCC=CC(=O)Oc1cc2c(s1)CCN(C(C)(C(=O)O)c1ccccc1Cl)C2. The zero-order valence-electron chi connectivity index (χ0n) is 16.5. The van der Waals surface area contributed by atoms with Crippen LogP contribution >= 0.6 is 22.9 Å². The van der Waals surface area contributed by atoms with Crippen molar-refractivity contribution in [1.82, 2.24) is 4.90 Å². The second-order valence-electron chi connectivity index (χ2n) is 7.15. The van der Waals surface area contributed by atoms with Crippen LogP contribution in [0.25, 0.3) is 0 Å². The average molecular weight is 434 g/mol. The molecule has 154 valence electrons. The topological polar surface area (TPSA) is 66.8 Å². The number of halogens is 1. The Morgan fingerprint density at radius 1 is 1.38 bits per heavy atom. The lowest BCUT2D eigenvalue weighted by molar-refractivity contribution is -0.152. The summed E-state index contributed by atoms with van der Waals surface area (Å²) in [7, 11) is 0. The number of fused-ring (bicyclic) bond motifs is 1. The fourth-order valence-electron chi connectivity index (χ4n) is 3.49. The van der Waals surface area contributed by atoms with E-state index in [0.29, 0.717) is 35.2 Å². The van der Waals surface area contributed by atoms with Crippen molar-refractivity contribution in [2.45, 2.75) is 45.2 Å². The van der Waals surface area contributed by atoms with Gasteiger partial charge in [0.2, 0.25) is 0 Å². The predicted molar refractivity (Wildman–Crippen MR) is 115 cm³/mol. The first kappa shape index (κ1) is 21.6. The van der Waals surface area contributed by atoms with Gasteiger partial charge in [-0.05, 0) is 37.5 Å². The van der Waals surface area contributed by atoms with Crippen LogP contribution in [0.3, 0.4) is 0 Å². The zero-order chi connectivity index (χ0) is 21.0. The van der Waals surface area contributed by atoms with E-state index in [9.17, 15) is 14.7 Å². The lowest BCUT2D eigenvalue weighted by atomic mass is 9.88. The quantitative estimate of drug-likeness (QED) is 0.490. The number of carboxylic acids is 1. The number of carboxylic acid groups (broad SMARTS) is 1. The maximum atomic E-state index is 12.3. The maximum absolute atomic E-state index is 12.3. The summed E-state index contributed by atoms with van der Waals surface area (Å²) in [5.74, 6) is -1.34. The van der Waals surface area contributed by atoms with Gasteiger partial charge < -0.3 is 9.84 Å². The van der Waals surface area contributed by atoms with Crippen molar-refractivity contribution in [2.24, 2.45) is 0 Å². The summed E-state index contributed by atoms with van der Waals surface area (Å²) in [5.41, 5.74) is 0.305. The molecule has 1 aliphatic rings. The fraction of sp³-hybridized carbons (Fsp3) is 0.364. The third-order valence-corrected chi connectivity index (χ3v) is 6.65. The molecular weight excluding hydrogens is 410 g/mol. The van der Waals surface area contributed by atoms with E-state index in [1.807, 2.05) is 17.9 Å². The van der Waals surface area contributed by atoms with Crippen LogP contribution in [-0.4, -0.2) is 28.5 Å². The van der Waals surface area contributed by atoms with Crippen molar-refractivity contribution in [2.75, 3.05) is 6.54 Å². The third-order valence-electron chi connectivity index (χ3n) is 5.20. The number of ether oxygens (including phenoxy) is 1. The Morgan fingerprint density at radius 2 is 2.14 bits per heavy atom. The predicted octanol–water partition coefficient (Wildman–Crippen LogP) is 5.02. The fourth-order valence-corrected chi connectivity index (χ4v) is 4.83. The summed E-state index contributed by atoms with van der Waals surface area (Å²) in [4.78, 5) is 27.3. The number of rotatable bonds is 7. The number of carbonyl (C=O) groups excluding carboxylic acids is 1. The van der Waals surface area contributed by atoms with E-state index >= 15 is 0 Å². The molecule has 0 saturated carbocycles. The van der Waals surface area contributed by atoms with Crippen molar-refractivity contribution in [3.05, 3.63) is 63.5 Å². The number of hydrogen-bond donors (Lipinski definition) is 1. The van der Waals surface area contributed by atoms with Gasteiger partial charge in [0, 0.05) is 34.6 Å². The number of hydrogen-bond acceptors (Lipinski definition) is 5. The molecule has 1 aromatic heterocycles. The number of nitrogens with zero attached hydrogens (tertiary/aromatic N) is 1. The number of unbranched alkanes of at least 4 members (excludes halogenated alkanes) is 1. The third kappa shape index (κ3) is 4.55. The van der Waals surface area contributed by atoms with Crippen LogP contribution < -0.4 is 4.74 Å². The highest BCUT2D eigenvalue weighted by atomic mass is 35.5. The van der Waals surface area contributed by atoms with E-state index < -0.39 is 11.5 Å². The molecule has 0 aliphatic carbocycles. The van der Waals surface area contributed by atoms with Gasteiger partial charge in [0.15, 0.2) is 5.06 Å². The highest BCUT2D eigenvalue weighted by Crippen LogP contribution is 2.40. The summed E-state index contributed by atoms with van der Waals surface area (Å²) < 4.78 is 5.42. The lowest BCUT2D eigenvalue weighted by Crippen LogP contribution is -2.51. The Bertz CT molecular complexity index is 939. The summed E-state index contributed by atoms with van der Waals surface area (Å²) >= 11 is 7.78. The van der Waals surface area contributed by atoms with Gasteiger partial charge >= 0.3 is 11.9 Å². The minimum atomic E-state index is -1.25. The zero-order valence-corrected chi connectivity index (χ0v) is 18.1. The number of aliphatic carboxylic acids is 1. The van der Waals surface area contributed by atoms with Gasteiger partial charge in [-0.3, -0.25) is 4.90 Å². The van der Waals surface area contributed by atoms with Crippen molar-refractivity contribution in [1.29, 1.82) is 0 Å². The standard InChI is InChI=1S/C22H24ClNO4S/c1-3-4-5-10-19(25)28-20-13-15-14-24(12-11-18(15)29-20)22(2,21(26)27)16-8-6-7-9-17(16)23/h5-10,13H,3-4,11-12,14H2,1-2H3,(H,26,27). The van der Waals surface area contributed by atoms with Gasteiger partial charge in [-0.2, -0.15) is 0 Å². The molecule has 2 heterocycles. The summed E-state index contributed by atoms with van der Waals surface area (Å²) in [5, 5.41) is 11.0. The monoisotopic (exact) mass is 433 g/mol. The second-order valence-corrected chi connectivity index (χ2v) is 8.66. The highest BCUT2D eigenvalue weighted by Gasteiger charge is 2.44. The van der Waals surface area contributed by atoms with E-state index in [1.165, 1.54) is 17.4 Å². The van der Waals surface area contributed by atoms with E-state index in [0.717, 1.165) is 23.3 Å². The van der Waals surface area contributed by atoms with E-state index in [2.05, 4.69) is 0 Å². The van der Waals surface area contributed by atoms with Crippen molar-refractivity contribution in [3.8, 4) is 5.06 Å². The number of allylic oxidation sites excluding steroid dienone is 1. The highest BCUT2D eigenvalue weighted by molar-refractivity contribution is 7.14. The van der Waals surface area contributed by atoms with Gasteiger partial charge in [0.25, 0.3) is 0 Å². The van der Waals surface area contributed by atoms with E-state index in [4.69, 9.17) is 16.3 Å². The largest absolute Gasteiger partial charge is 0.480 e. The van der Waals surface area contributed by atoms with Crippen LogP contribution in [-0.2, 0) is 28.1 Å². The number of carbonyl (C=O) groups is 2. The van der Waals surface area contributed by atoms with E-state index in [1.54, 1.807) is 37.3 Å². The van der Waals surface area contributed by atoms with Crippen LogP contribution in [0.1, 0.15) is 42.7 Å². The molecule has 0 fully saturated rings. The summed E-state index contributed by atoms with van der Waals surface area (Å²) in [6.07, 6.45) is 5.75. The smallest absolute Gasteiger partial charge is 0.336 e. The van der Waals surface area contributed by atoms with Crippen molar-refractivity contribution >= 4 is 34.9 Å². The van der Waals surface area contributed by atoms with Crippen LogP contribution in [0.2, 0.25) is 5.02 Å². The molecule has 0 amide bonds. The van der Waals surface area contributed by atoms with Crippen molar-refractivity contribution in [3.63, 3.8) is 0 Å². The van der Waals surface area contributed by atoms with Gasteiger partial charge in [-0.1, -0.05) is 49.2 Å². The van der Waals surface area contributed by atoms with Gasteiger partial charge in [-0.25, -0.2) is 9.59 Å². The lowest BCUT2D eigenvalue weighted by Gasteiger charge is -2.40. The van der Waals surface area contributed by atoms with Gasteiger partial charge in [0.05, 0.1) is 0 Å². The molecule has 5 nitrogen and oxygen atoms in total. The molecule has 3 rings (SSSR count). The molecule has 1 aromatic carbocycles. The average Bonchev–Trinajstić information content (AvgIpc) is 3.09. The molecule has 0 spiro atoms. The molecule has 2 aromatic rings. The molecule has 1 atom stereocenters. The Kier molecular flexibility index (Phi) is 6.77. The molecule has 7 heteroatoms. The Morgan fingerprint density at radius 3 is 2.83 bits per heavy atom. The van der Waals surface area contributed by atoms with Crippen LogP contribution in [0.15, 0.2) is 42.5 Å². The van der Waals surface area contributed by atoms with E-state index in [-0.39, 0.29) is 5.97 Å². The van der Waals surface area contributed by atoms with Crippen LogP contribution in [0.4, 0.5) is 0 Å². The number of thiophene rings is 1. The van der Waals surface area contributed by atoms with Crippen molar-refractivity contribution < 1.29 is 19.4 Å². The molecular formula is C22H24ClNO4S. The number of esters is 1. The Balaban J connectivity index is 1.81. The van der Waals surface area contributed by atoms with Crippen LogP contribution in [0.5, 0.6) is 5.06 Å². The first-order valence-electron chi connectivity index (χ1n) is 9.59. The minimum absolute atomic E-state index is 0.389. The summed E-state index contributed by atoms with van der Waals surface area (Å²) in [6.45, 7) is 4.75. The minimum Gasteiger partial charge on any atom is -0.480 e. The van der Waals surface area contributed by atoms with Gasteiger partial charge in [0.1, 0.15) is 5.54 Å². The molecule has 0 saturated heterocycles. The molecule has 0 bridgehead atoms. The maximum Gasteiger partial charge on any atom is 0.336 e. The second kappa shape index (κ2) is 9.11. The number of benzene rings is 1. The molecule has 29 heavy (non-hydrogen) atoms. The Hall–Kier alpha value is -2.15. The molecule has 1 N–H and O–H groups in total. The first-order valence-corrected chi connectivity index (χ1v) is 10.8. The molecule has 0 radical (unpaired) electrons. The van der Waals surface area contributed by atoms with Crippen LogP contribution in [0, 0.1) is 0 Å². The van der Waals surface area contributed by atoms with Gasteiger partial charge in [-0.15, -0.1) is 11.3 Å². The molecule has 1 aliphatic heterocycles. The Labute approximate surface area is 179 Å². The molecule has 1 unspecified atom stereocenters. The summed E-state index contributed by atoms with van der Waals surface area (Å²) in [6, 6.07) is 8.90. The normalized spacial score (nSPS) is 16.4. The first-order chi connectivity index (χ1) is 13.9.